The summed E-state index contributed by atoms with van der Waals surface area (Å²) in [6, 6.07) is 0. The van der Waals surface area contributed by atoms with E-state index in [-0.39, 0.29) is 6.10 Å². The molecule has 0 radical (unpaired) electrons. The molecule has 26 heavy (non-hydrogen) atoms. The van der Waals surface area contributed by atoms with Crippen LogP contribution >= 0.6 is 0 Å². The molecule has 0 amide bonds. The maximum absolute atomic E-state index is 10.3. The lowest BCUT2D eigenvalue weighted by molar-refractivity contribution is -0.0511. The number of ether oxygens (including phenoxy) is 1. The molecule has 2 aromatic rings. The summed E-state index contributed by atoms with van der Waals surface area (Å²) in [4.78, 5) is 18.8. The van der Waals surface area contributed by atoms with E-state index in [0.717, 1.165) is 25.7 Å². The Labute approximate surface area is 149 Å². The fourth-order valence-corrected chi connectivity index (χ4v) is 3.54. The summed E-state index contributed by atoms with van der Waals surface area (Å²) in [7, 11) is 0. The molecular formula is C16H23N5O5. The minimum absolute atomic E-state index is 0.155. The molecule has 3 heterocycles. The zero-order valence-corrected chi connectivity index (χ0v) is 14.4. The first-order valence-corrected chi connectivity index (χ1v) is 8.83. The summed E-state index contributed by atoms with van der Waals surface area (Å²) < 4.78 is 7.11. The highest BCUT2D eigenvalue weighted by Gasteiger charge is 2.44. The van der Waals surface area contributed by atoms with Crippen LogP contribution in [0.2, 0.25) is 0 Å². The number of nitrogens with zero attached hydrogens (tertiary/aromatic N) is 4. The molecule has 0 bridgehead atoms. The molecular weight excluding hydrogens is 342 g/mol. The standard InChI is InChI=1S/C16H23N5O5/c1-8-18-14(20-26-9-4-2-3-5-9)11-15(19-8)21(7-17-11)16-13(24)12(23)10(6-22)25-16/h7,9-10,12-13,16,22-24H,2-6H2,1H3,(H,18,19,20). The molecule has 0 aromatic carbocycles. The van der Waals surface area contributed by atoms with Crippen molar-refractivity contribution in [1.82, 2.24) is 19.5 Å². The average molecular weight is 365 g/mol. The van der Waals surface area contributed by atoms with Gasteiger partial charge in [-0.2, -0.15) is 0 Å². The molecule has 142 valence electrons. The Hall–Kier alpha value is -1.85. The Morgan fingerprint density at radius 1 is 1.27 bits per heavy atom. The molecule has 0 spiro atoms. The maximum atomic E-state index is 10.3. The molecule has 4 unspecified atom stereocenters. The summed E-state index contributed by atoms with van der Waals surface area (Å²) in [5.41, 5.74) is 3.82. The number of aromatic nitrogens is 4. The van der Waals surface area contributed by atoms with Gasteiger partial charge in [-0.25, -0.2) is 20.4 Å². The molecule has 4 atom stereocenters. The van der Waals surface area contributed by atoms with Crippen LogP contribution in [0.3, 0.4) is 0 Å². The van der Waals surface area contributed by atoms with E-state index in [0.29, 0.717) is 22.8 Å². The van der Waals surface area contributed by atoms with E-state index in [9.17, 15) is 15.3 Å². The number of aliphatic hydroxyl groups is 3. The molecule has 1 aliphatic carbocycles. The van der Waals surface area contributed by atoms with Gasteiger partial charge in [0.2, 0.25) is 0 Å². The van der Waals surface area contributed by atoms with E-state index in [1.165, 1.54) is 10.9 Å². The number of aliphatic hydroxyl groups excluding tert-OH is 3. The Morgan fingerprint density at radius 3 is 2.73 bits per heavy atom. The lowest BCUT2D eigenvalue weighted by Crippen LogP contribution is -2.33. The van der Waals surface area contributed by atoms with Gasteiger partial charge in [0, 0.05) is 0 Å². The number of anilines is 1. The Bertz CT molecular complexity index is 778. The largest absolute Gasteiger partial charge is 0.394 e. The zero-order chi connectivity index (χ0) is 18.3. The molecule has 4 N–H and O–H groups in total. The minimum Gasteiger partial charge on any atom is -0.394 e. The smallest absolute Gasteiger partial charge is 0.181 e. The summed E-state index contributed by atoms with van der Waals surface area (Å²) in [6.45, 7) is 1.35. The van der Waals surface area contributed by atoms with Crippen LogP contribution in [0.1, 0.15) is 37.7 Å². The molecule has 1 saturated heterocycles. The molecule has 10 heteroatoms. The van der Waals surface area contributed by atoms with Gasteiger partial charge in [-0.3, -0.25) is 9.40 Å². The second-order valence-electron chi connectivity index (χ2n) is 6.80. The van der Waals surface area contributed by atoms with E-state index in [2.05, 4.69) is 20.4 Å². The lowest BCUT2D eigenvalue weighted by atomic mass is 10.1. The van der Waals surface area contributed by atoms with Crippen molar-refractivity contribution in [2.24, 2.45) is 0 Å². The minimum atomic E-state index is -1.20. The van der Waals surface area contributed by atoms with Crippen molar-refractivity contribution in [1.29, 1.82) is 0 Å². The summed E-state index contributed by atoms with van der Waals surface area (Å²) in [5, 5.41) is 29.5. The predicted octanol–water partition coefficient (Wildman–Crippen LogP) is 0.0323. The predicted molar refractivity (Wildman–Crippen MR) is 90.0 cm³/mol. The van der Waals surface area contributed by atoms with Crippen LogP contribution in [0.25, 0.3) is 11.2 Å². The van der Waals surface area contributed by atoms with Crippen molar-refractivity contribution in [3.05, 3.63) is 12.2 Å². The normalized spacial score (nSPS) is 29.7. The third-order valence-corrected chi connectivity index (χ3v) is 4.95. The third-order valence-electron chi connectivity index (χ3n) is 4.95. The van der Waals surface area contributed by atoms with E-state index in [4.69, 9.17) is 9.57 Å². The summed E-state index contributed by atoms with van der Waals surface area (Å²) in [6.07, 6.45) is 1.81. The van der Waals surface area contributed by atoms with Gasteiger partial charge in [0.25, 0.3) is 0 Å². The SMILES string of the molecule is Cc1nc(NOC2CCCC2)c2ncn(C3OC(CO)C(O)C3O)c2n1. The summed E-state index contributed by atoms with van der Waals surface area (Å²) in [5.74, 6) is 0.952. The van der Waals surface area contributed by atoms with Gasteiger partial charge in [-0.15, -0.1) is 0 Å². The van der Waals surface area contributed by atoms with Gasteiger partial charge >= 0.3 is 0 Å². The lowest BCUT2D eigenvalue weighted by Gasteiger charge is -2.17. The Morgan fingerprint density at radius 2 is 2.04 bits per heavy atom. The number of imidazole rings is 1. The monoisotopic (exact) mass is 365 g/mol. The van der Waals surface area contributed by atoms with E-state index < -0.39 is 31.1 Å². The first-order chi connectivity index (χ1) is 12.6. The van der Waals surface area contributed by atoms with E-state index >= 15 is 0 Å². The van der Waals surface area contributed by atoms with Crippen molar-refractivity contribution in [3.63, 3.8) is 0 Å². The van der Waals surface area contributed by atoms with Gasteiger partial charge in [-0.1, -0.05) is 12.8 Å². The fourth-order valence-electron chi connectivity index (χ4n) is 3.54. The zero-order valence-electron chi connectivity index (χ0n) is 14.4. The van der Waals surface area contributed by atoms with Crippen LogP contribution in [0, 0.1) is 6.92 Å². The summed E-state index contributed by atoms with van der Waals surface area (Å²) >= 11 is 0. The third kappa shape index (κ3) is 3.03. The van der Waals surface area contributed by atoms with Crippen molar-refractivity contribution in [3.8, 4) is 0 Å². The second kappa shape index (κ2) is 7.05. The van der Waals surface area contributed by atoms with Gasteiger partial charge in [0.15, 0.2) is 23.2 Å². The molecule has 1 aliphatic heterocycles. The van der Waals surface area contributed by atoms with E-state index in [1.807, 2.05) is 0 Å². The topological polar surface area (TPSA) is 135 Å². The number of rotatable bonds is 5. The average Bonchev–Trinajstić information content (AvgIpc) is 3.34. The Kier molecular flexibility index (Phi) is 4.76. The first-order valence-electron chi connectivity index (χ1n) is 8.83. The first kappa shape index (κ1) is 17.6. The van der Waals surface area contributed by atoms with Crippen LogP contribution in [0.15, 0.2) is 6.33 Å². The van der Waals surface area contributed by atoms with Gasteiger partial charge in [0.05, 0.1) is 19.0 Å². The van der Waals surface area contributed by atoms with Crippen molar-refractivity contribution >= 4 is 17.0 Å². The molecule has 2 fully saturated rings. The van der Waals surface area contributed by atoms with Crippen molar-refractivity contribution < 1.29 is 24.9 Å². The number of fused-ring (bicyclic) bond motifs is 1. The van der Waals surface area contributed by atoms with Crippen molar-refractivity contribution in [2.45, 2.75) is 63.3 Å². The van der Waals surface area contributed by atoms with Gasteiger partial charge in [0.1, 0.15) is 24.1 Å². The maximum Gasteiger partial charge on any atom is 0.181 e. The van der Waals surface area contributed by atoms with Gasteiger partial charge < -0.3 is 20.1 Å². The number of nitrogens with one attached hydrogen (secondary N) is 1. The number of hydrogen-bond donors (Lipinski definition) is 4. The van der Waals surface area contributed by atoms with Crippen LogP contribution < -0.4 is 5.48 Å². The Balaban J connectivity index is 1.63. The number of hydrogen-bond acceptors (Lipinski definition) is 9. The van der Waals surface area contributed by atoms with Crippen LogP contribution in [0.5, 0.6) is 0 Å². The van der Waals surface area contributed by atoms with Crippen molar-refractivity contribution in [2.75, 3.05) is 12.1 Å². The molecule has 10 nitrogen and oxygen atoms in total. The highest BCUT2D eigenvalue weighted by molar-refractivity contribution is 5.82. The van der Waals surface area contributed by atoms with Crippen LogP contribution in [-0.4, -0.2) is 65.9 Å². The highest BCUT2D eigenvalue weighted by atomic mass is 16.7. The van der Waals surface area contributed by atoms with Crippen LogP contribution in [-0.2, 0) is 9.57 Å². The molecule has 4 rings (SSSR count). The van der Waals surface area contributed by atoms with Gasteiger partial charge in [-0.05, 0) is 19.8 Å². The molecule has 2 aromatic heterocycles. The molecule has 1 saturated carbocycles. The highest BCUT2D eigenvalue weighted by Crippen LogP contribution is 2.32. The quantitative estimate of drug-likeness (QED) is 0.541. The second-order valence-corrected chi connectivity index (χ2v) is 6.80. The number of aryl methyl sites for hydroxylation is 1. The van der Waals surface area contributed by atoms with E-state index in [1.54, 1.807) is 6.92 Å². The fraction of sp³-hybridized carbons (Fsp3) is 0.688. The molecule has 2 aliphatic rings. The van der Waals surface area contributed by atoms with Crippen LogP contribution in [0.4, 0.5) is 5.82 Å².